The van der Waals surface area contributed by atoms with Crippen molar-refractivity contribution in [3.8, 4) is 0 Å². The van der Waals surface area contributed by atoms with Crippen LogP contribution in [0.5, 0.6) is 0 Å². The molecule has 1 aliphatic rings. The monoisotopic (exact) mass is 260 g/mol. The summed E-state index contributed by atoms with van der Waals surface area (Å²) in [6.45, 7) is 2.70. The molecule has 0 atom stereocenters. The summed E-state index contributed by atoms with van der Waals surface area (Å²) < 4.78 is 0. The Balaban J connectivity index is 1.75. The Morgan fingerprint density at radius 1 is 1.21 bits per heavy atom. The number of nitrogens with zero attached hydrogens (tertiary/aromatic N) is 2. The van der Waals surface area contributed by atoms with Gasteiger partial charge in [0.05, 0.1) is 6.54 Å². The van der Waals surface area contributed by atoms with Crippen LogP contribution in [-0.2, 0) is 11.2 Å². The predicted octanol–water partition coefficient (Wildman–Crippen LogP) is 1.82. The second-order valence-electron chi connectivity index (χ2n) is 5.67. The van der Waals surface area contributed by atoms with Gasteiger partial charge in [-0.15, -0.1) is 0 Å². The zero-order chi connectivity index (χ0) is 13.7. The first-order valence-electron chi connectivity index (χ1n) is 7.09. The van der Waals surface area contributed by atoms with Crippen molar-refractivity contribution in [1.82, 2.24) is 9.80 Å². The van der Waals surface area contributed by atoms with Gasteiger partial charge in [-0.05, 0) is 32.5 Å². The zero-order valence-electron chi connectivity index (χ0n) is 12.0. The first-order valence-corrected chi connectivity index (χ1v) is 7.09. The molecule has 0 N–H and O–H groups in total. The molecule has 0 saturated carbocycles. The van der Waals surface area contributed by atoms with Crippen molar-refractivity contribution in [2.75, 3.05) is 33.7 Å². The molecule has 0 amide bonds. The maximum atomic E-state index is 12.0. The largest absolute Gasteiger partial charge is 0.306 e. The maximum absolute atomic E-state index is 12.0. The average Bonchev–Trinajstić information content (AvgIpc) is 2.40. The summed E-state index contributed by atoms with van der Waals surface area (Å²) in [5, 5.41) is 0. The summed E-state index contributed by atoms with van der Waals surface area (Å²) in [6.07, 6.45) is 2.91. The molecule has 1 aromatic rings. The SMILES string of the molecule is CN(C)C1CCN(CC(=O)Cc2ccccc2)CC1. The van der Waals surface area contributed by atoms with Gasteiger partial charge >= 0.3 is 0 Å². The smallest absolute Gasteiger partial charge is 0.151 e. The number of hydrogen-bond donors (Lipinski definition) is 0. The van der Waals surface area contributed by atoms with Crippen molar-refractivity contribution < 1.29 is 4.79 Å². The second-order valence-corrected chi connectivity index (χ2v) is 5.67. The van der Waals surface area contributed by atoms with Crippen LogP contribution in [0.4, 0.5) is 0 Å². The van der Waals surface area contributed by atoms with E-state index in [2.05, 4.69) is 23.9 Å². The topological polar surface area (TPSA) is 23.6 Å². The Morgan fingerprint density at radius 3 is 2.42 bits per heavy atom. The number of Topliss-reactive ketones (excluding diaryl/α,β-unsaturated/α-hetero) is 1. The van der Waals surface area contributed by atoms with Crippen molar-refractivity contribution in [3.05, 3.63) is 35.9 Å². The number of likely N-dealkylation sites (tertiary alicyclic amines) is 1. The van der Waals surface area contributed by atoms with Crippen LogP contribution in [0.1, 0.15) is 18.4 Å². The number of carbonyl (C=O) groups is 1. The molecule has 2 rings (SSSR count). The molecule has 0 aromatic heterocycles. The van der Waals surface area contributed by atoms with Gasteiger partial charge in [0.1, 0.15) is 0 Å². The molecule has 0 bridgehead atoms. The van der Waals surface area contributed by atoms with Crippen LogP contribution in [0.3, 0.4) is 0 Å². The van der Waals surface area contributed by atoms with Crippen LogP contribution in [0, 0.1) is 0 Å². The Bertz CT molecular complexity index is 394. The first-order chi connectivity index (χ1) is 9.15. The number of carbonyl (C=O) groups excluding carboxylic acids is 1. The molecule has 3 heteroatoms. The van der Waals surface area contributed by atoms with Crippen LogP contribution in [0.2, 0.25) is 0 Å². The predicted molar refractivity (Wildman–Crippen MR) is 78.3 cm³/mol. The van der Waals surface area contributed by atoms with Gasteiger partial charge in [0.25, 0.3) is 0 Å². The fraction of sp³-hybridized carbons (Fsp3) is 0.562. The third-order valence-electron chi connectivity index (χ3n) is 3.93. The summed E-state index contributed by atoms with van der Waals surface area (Å²) in [4.78, 5) is 16.6. The van der Waals surface area contributed by atoms with Gasteiger partial charge in [0.2, 0.25) is 0 Å². The fourth-order valence-electron chi connectivity index (χ4n) is 2.72. The van der Waals surface area contributed by atoms with E-state index in [9.17, 15) is 4.79 Å². The van der Waals surface area contributed by atoms with Gasteiger partial charge in [-0.3, -0.25) is 9.69 Å². The molecule has 0 radical (unpaired) electrons. The van der Waals surface area contributed by atoms with Crippen LogP contribution in [0.15, 0.2) is 30.3 Å². The molecule has 1 aliphatic heterocycles. The molecule has 0 spiro atoms. The van der Waals surface area contributed by atoms with E-state index in [1.54, 1.807) is 0 Å². The van der Waals surface area contributed by atoms with Gasteiger partial charge < -0.3 is 4.90 Å². The number of rotatable bonds is 5. The molecule has 1 saturated heterocycles. The van der Waals surface area contributed by atoms with Gasteiger partial charge in [-0.2, -0.15) is 0 Å². The minimum Gasteiger partial charge on any atom is -0.306 e. The summed E-state index contributed by atoms with van der Waals surface area (Å²) in [5.41, 5.74) is 1.12. The number of benzene rings is 1. The summed E-state index contributed by atoms with van der Waals surface area (Å²) in [7, 11) is 4.28. The highest BCUT2D eigenvalue weighted by Gasteiger charge is 2.21. The third kappa shape index (κ3) is 4.44. The van der Waals surface area contributed by atoms with Crippen LogP contribution >= 0.6 is 0 Å². The van der Waals surface area contributed by atoms with E-state index in [1.165, 1.54) is 12.8 Å². The van der Waals surface area contributed by atoms with Gasteiger partial charge in [-0.1, -0.05) is 30.3 Å². The van der Waals surface area contributed by atoms with E-state index < -0.39 is 0 Å². The second kappa shape index (κ2) is 6.83. The molecule has 3 nitrogen and oxygen atoms in total. The molecule has 1 aromatic carbocycles. The van der Waals surface area contributed by atoms with Crippen molar-refractivity contribution in [3.63, 3.8) is 0 Å². The Labute approximate surface area is 116 Å². The molecule has 0 unspecified atom stereocenters. The highest BCUT2D eigenvalue weighted by Crippen LogP contribution is 2.14. The lowest BCUT2D eigenvalue weighted by molar-refractivity contribution is -0.119. The van der Waals surface area contributed by atoms with Crippen LogP contribution in [-0.4, -0.2) is 55.4 Å². The Morgan fingerprint density at radius 2 is 1.84 bits per heavy atom. The number of hydrogen-bond acceptors (Lipinski definition) is 3. The lowest BCUT2D eigenvalue weighted by Crippen LogP contribution is -2.43. The van der Waals surface area contributed by atoms with Crippen molar-refractivity contribution in [2.45, 2.75) is 25.3 Å². The fourth-order valence-corrected chi connectivity index (χ4v) is 2.72. The Hall–Kier alpha value is -1.19. The molecular formula is C16H24N2O. The normalized spacial score (nSPS) is 17.8. The highest BCUT2D eigenvalue weighted by atomic mass is 16.1. The first kappa shape index (κ1) is 14.2. The molecule has 1 heterocycles. The molecule has 0 aliphatic carbocycles. The molecule has 1 fully saturated rings. The van der Waals surface area contributed by atoms with E-state index in [1.807, 2.05) is 30.3 Å². The van der Waals surface area contributed by atoms with Crippen molar-refractivity contribution in [1.29, 1.82) is 0 Å². The minimum atomic E-state index is 0.328. The molecule has 19 heavy (non-hydrogen) atoms. The van der Waals surface area contributed by atoms with Gasteiger partial charge in [0.15, 0.2) is 5.78 Å². The minimum absolute atomic E-state index is 0.328. The molecule has 104 valence electrons. The Kier molecular flexibility index (Phi) is 5.11. The van der Waals surface area contributed by atoms with Gasteiger partial charge in [0, 0.05) is 25.6 Å². The van der Waals surface area contributed by atoms with Crippen LogP contribution < -0.4 is 0 Å². The zero-order valence-corrected chi connectivity index (χ0v) is 12.0. The van der Waals surface area contributed by atoms with E-state index in [0.717, 1.165) is 18.7 Å². The maximum Gasteiger partial charge on any atom is 0.151 e. The van der Waals surface area contributed by atoms with Crippen molar-refractivity contribution in [2.24, 2.45) is 0 Å². The standard InChI is InChI=1S/C16H24N2O/c1-17(2)15-8-10-18(11-9-15)13-16(19)12-14-6-4-3-5-7-14/h3-7,15H,8-13H2,1-2H3. The summed E-state index contributed by atoms with van der Waals surface area (Å²) >= 11 is 0. The van der Waals surface area contributed by atoms with Crippen molar-refractivity contribution >= 4 is 5.78 Å². The number of ketones is 1. The van der Waals surface area contributed by atoms with E-state index in [4.69, 9.17) is 0 Å². The quantitative estimate of drug-likeness (QED) is 0.807. The summed E-state index contributed by atoms with van der Waals surface area (Å²) in [6, 6.07) is 10.7. The lowest BCUT2D eigenvalue weighted by Gasteiger charge is -2.34. The van der Waals surface area contributed by atoms with E-state index in [-0.39, 0.29) is 0 Å². The van der Waals surface area contributed by atoms with Gasteiger partial charge in [-0.25, -0.2) is 0 Å². The lowest BCUT2D eigenvalue weighted by atomic mass is 10.0. The van der Waals surface area contributed by atoms with E-state index in [0.29, 0.717) is 24.8 Å². The average molecular weight is 260 g/mol. The number of piperidine rings is 1. The molecular weight excluding hydrogens is 236 g/mol. The van der Waals surface area contributed by atoms with E-state index >= 15 is 0 Å². The van der Waals surface area contributed by atoms with Crippen LogP contribution in [0.25, 0.3) is 0 Å². The highest BCUT2D eigenvalue weighted by molar-refractivity contribution is 5.82. The summed E-state index contributed by atoms with van der Waals surface area (Å²) in [5.74, 6) is 0.328. The third-order valence-corrected chi connectivity index (χ3v) is 3.93.